The fourth-order valence-electron chi connectivity index (χ4n) is 5.21. The summed E-state index contributed by atoms with van der Waals surface area (Å²) in [6.45, 7) is 4.23. The number of aryl methyl sites for hydroxylation is 1. The molecule has 2 amide bonds. The van der Waals surface area contributed by atoms with Crippen molar-refractivity contribution in [2.75, 3.05) is 13.2 Å². The molecule has 1 saturated heterocycles. The van der Waals surface area contributed by atoms with E-state index in [1.807, 2.05) is 18.2 Å². The third kappa shape index (κ3) is 5.48. The number of nitrogens with zero attached hydrogens (tertiary/aromatic N) is 5. The molecule has 2 atom stereocenters. The van der Waals surface area contributed by atoms with Crippen LogP contribution in [-0.4, -0.2) is 55.0 Å². The first kappa shape index (κ1) is 27.8. The van der Waals surface area contributed by atoms with Crippen molar-refractivity contribution in [1.82, 2.24) is 34.6 Å². The molecule has 216 valence electrons. The zero-order chi connectivity index (χ0) is 29.9. The number of ether oxygens (including phenoxy) is 1. The first-order valence-electron chi connectivity index (χ1n) is 14.0. The van der Waals surface area contributed by atoms with Crippen molar-refractivity contribution in [2.45, 2.75) is 38.8 Å². The number of imidazole rings is 1. The van der Waals surface area contributed by atoms with Gasteiger partial charge < -0.3 is 15.4 Å². The van der Waals surface area contributed by atoms with E-state index in [1.54, 1.807) is 67.3 Å². The van der Waals surface area contributed by atoms with Crippen molar-refractivity contribution in [3.05, 3.63) is 100 Å². The van der Waals surface area contributed by atoms with Crippen LogP contribution in [0.3, 0.4) is 0 Å². The number of benzene rings is 2. The molecule has 0 saturated carbocycles. The molecule has 2 N–H and O–H groups in total. The van der Waals surface area contributed by atoms with E-state index in [2.05, 4.69) is 32.4 Å². The Bertz CT molecular complexity index is 1960. The Hall–Kier alpha value is -5.34. The molecule has 5 aromatic rings. The van der Waals surface area contributed by atoms with Crippen molar-refractivity contribution >= 4 is 28.4 Å². The van der Waals surface area contributed by atoms with Crippen molar-refractivity contribution < 1.29 is 14.3 Å². The van der Waals surface area contributed by atoms with E-state index >= 15 is 0 Å². The predicted molar refractivity (Wildman–Crippen MR) is 160 cm³/mol. The first-order valence-corrected chi connectivity index (χ1v) is 14.0. The normalized spacial score (nSPS) is 15.2. The van der Waals surface area contributed by atoms with Crippen LogP contribution in [0.25, 0.3) is 22.2 Å². The molecule has 0 unspecified atom stereocenters. The molecule has 11 nitrogen and oxygen atoms in total. The Morgan fingerprint density at radius 2 is 1.98 bits per heavy atom. The fourth-order valence-corrected chi connectivity index (χ4v) is 5.21. The Labute approximate surface area is 247 Å². The molecular weight excluding hydrogens is 546 g/mol. The number of fused-ring (bicyclic) bond motifs is 2. The summed E-state index contributed by atoms with van der Waals surface area (Å²) in [5, 5.41) is 6.11. The van der Waals surface area contributed by atoms with E-state index in [0.29, 0.717) is 57.9 Å². The van der Waals surface area contributed by atoms with Gasteiger partial charge in [-0.05, 0) is 51.0 Å². The Balaban J connectivity index is 1.37. The van der Waals surface area contributed by atoms with Crippen LogP contribution in [0.2, 0.25) is 0 Å². The summed E-state index contributed by atoms with van der Waals surface area (Å²) in [7, 11) is 0. The van der Waals surface area contributed by atoms with Crippen LogP contribution >= 0.6 is 0 Å². The second-order valence-corrected chi connectivity index (χ2v) is 10.2. The average Bonchev–Trinajstić information content (AvgIpc) is 3.72. The Morgan fingerprint density at radius 1 is 1.14 bits per heavy atom. The number of hydrogen-bond acceptors (Lipinski definition) is 7. The van der Waals surface area contributed by atoms with Crippen molar-refractivity contribution in [3.8, 4) is 17.5 Å². The standard InChI is InChI=1S/C32H29N7O4/c1-20-26(29-33-16-17-38(29)19-35-20)31(41)36-21(2)28-37-24-13-6-9-22(10-7-15-34-30(40)25-14-8-18-43-25)27(24)32(42)39(28)23-11-4-3-5-12-23/h3-6,9,11-13,16-17,19,21,25H,8,14-15,18H2,1-2H3,(H,34,40)(H,36,41)/t21-,25+/m0/s1. The van der Waals surface area contributed by atoms with Gasteiger partial charge in [0, 0.05) is 24.6 Å². The van der Waals surface area contributed by atoms with Crippen molar-refractivity contribution in [2.24, 2.45) is 0 Å². The third-order valence-corrected chi connectivity index (χ3v) is 7.33. The van der Waals surface area contributed by atoms with Crippen molar-refractivity contribution in [1.29, 1.82) is 0 Å². The lowest BCUT2D eigenvalue weighted by atomic mass is 10.1. The monoisotopic (exact) mass is 575 g/mol. The number of amides is 2. The summed E-state index contributed by atoms with van der Waals surface area (Å²) in [5.41, 5.74) is 2.56. The van der Waals surface area contributed by atoms with Crippen LogP contribution in [0.4, 0.5) is 0 Å². The molecule has 0 radical (unpaired) electrons. The molecule has 0 bridgehead atoms. The molecule has 43 heavy (non-hydrogen) atoms. The van der Waals surface area contributed by atoms with Gasteiger partial charge in [0.1, 0.15) is 23.8 Å². The lowest BCUT2D eigenvalue weighted by Gasteiger charge is -2.20. The number of rotatable bonds is 6. The van der Waals surface area contributed by atoms with E-state index in [-0.39, 0.29) is 23.9 Å². The fraction of sp³-hybridized carbons (Fsp3) is 0.250. The highest BCUT2D eigenvalue weighted by atomic mass is 16.5. The highest BCUT2D eigenvalue weighted by Gasteiger charge is 2.24. The maximum Gasteiger partial charge on any atom is 0.267 e. The van der Waals surface area contributed by atoms with Crippen LogP contribution in [0, 0.1) is 18.8 Å². The largest absolute Gasteiger partial charge is 0.368 e. The summed E-state index contributed by atoms with van der Waals surface area (Å²) in [5.74, 6) is 5.77. The average molecular weight is 576 g/mol. The highest BCUT2D eigenvalue weighted by molar-refractivity contribution is 6.01. The molecule has 1 aliphatic rings. The maximum atomic E-state index is 14.2. The minimum Gasteiger partial charge on any atom is -0.368 e. The third-order valence-electron chi connectivity index (χ3n) is 7.33. The highest BCUT2D eigenvalue weighted by Crippen LogP contribution is 2.21. The molecule has 0 aliphatic carbocycles. The lowest BCUT2D eigenvalue weighted by Crippen LogP contribution is -2.34. The summed E-state index contributed by atoms with van der Waals surface area (Å²) < 4.78 is 8.59. The number of carbonyl (C=O) groups excluding carboxylic acids is 2. The van der Waals surface area contributed by atoms with Gasteiger partial charge in [0.2, 0.25) is 5.91 Å². The molecule has 1 fully saturated rings. The molecule has 1 aliphatic heterocycles. The quantitative estimate of drug-likeness (QED) is 0.298. The summed E-state index contributed by atoms with van der Waals surface area (Å²) in [6, 6.07) is 13.7. The second-order valence-electron chi connectivity index (χ2n) is 10.2. The Kier molecular flexibility index (Phi) is 7.68. The number of carbonyl (C=O) groups is 2. The molecule has 11 heteroatoms. The lowest BCUT2D eigenvalue weighted by molar-refractivity contribution is -0.129. The van der Waals surface area contributed by atoms with Gasteiger partial charge in [-0.3, -0.25) is 23.4 Å². The van der Waals surface area contributed by atoms with Crippen LogP contribution in [0.1, 0.15) is 53.2 Å². The minimum atomic E-state index is -0.665. The van der Waals surface area contributed by atoms with Gasteiger partial charge in [-0.2, -0.15) is 0 Å². The molecular formula is C32H29N7O4. The maximum absolute atomic E-state index is 14.2. The molecule has 0 spiro atoms. The van der Waals surface area contributed by atoms with E-state index in [4.69, 9.17) is 9.72 Å². The molecule has 4 heterocycles. The van der Waals surface area contributed by atoms with Crippen LogP contribution in [-0.2, 0) is 9.53 Å². The summed E-state index contributed by atoms with van der Waals surface area (Å²) >= 11 is 0. The Morgan fingerprint density at radius 3 is 2.77 bits per heavy atom. The number of aromatic nitrogens is 5. The first-order chi connectivity index (χ1) is 20.9. The van der Waals surface area contributed by atoms with Gasteiger partial charge in [-0.15, -0.1) is 0 Å². The topological polar surface area (TPSA) is 133 Å². The van der Waals surface area contributed by atoms with E-state index < -0.39 is 12.1 Å². The van der Waals surface area contributed by atoms with Gasteiger partial charge in [0.25, 0.3) is 11.5 Å². The summed E-state index contributed by atoms with van der Waals surface area (Å²) in [6.07, 6.45) is 6.06. The van der Waals surface area contributed by atoms with E-state index in [1.165, 1.54) is 4.57 Å². The van der Waals surface area contributed by atoms with Crippen molar-refractivity contribution in [3.63, 3.8) is 0 Å². The zero-order valence-electron chi connectivity index (χ0n) is 23.7. The van der Waals surface area contributed by atoms with Gasteiger partial charge in [-0.25, -0.2) is 15.0 Å². The van der Waals surface area contributed by atoms with E-state index in [9.17, 15) is 14.4 Å². The molecule has 2 aromatic carbocycles. The van der Waals surface area contributed by atoms with Gasteiger partial charge in [-0.1, -0.05) is 36.1 Å². The van der Waals surface area contributed by atoms with Crippen LogP contribution < -0.4 is 16.2 Å². The van der Waals surface area contributed by atoms with Gasteiger partial charge in [0.15, 0.2) is 5.65 Å². The van der Waals surface area contributed by atoms with Crippen LogP contribution in [0.15, 0.2) is 72.0 Å². The molecule has 3 aromatic heterocycles. The number of nitrogens with one attached hydrogen (secondary N) is 2. The SMILES string of the molecule is Cc1ncn2ccnc2c1C(=O)N[C@@H](C)c1nc2cccc(C#CCNC(=O)[C@H]3CCCO3)c2c(=O)n1-c1ccccc1. The number of para-hydroxylation sites is 1. The van der Waals surface area contributed by atoms with Gasteiger partial charge in [0.05, 0.1) is 34.9 Å². The summed E-state index contributed by atoms with van der Waals surface area (Å²) in [4.78, 5) is 53.4. The predicted octanol–water partition coefficient (Wildman–Crippen LogP) is 2.87. The number of hydrogen-bond donors (Lipinski definition) is 2. The smallest absolute Gasteiger partial charge is 0.267 e. The van der Waals surface area contributed by atoms with E-state index in [0.717, 1.165) is 6.42 Å². The van der Waals surface area contributed by atoms with Gasteiger partial charge >= 0.3 is 0 Å². The minimum absolute atomic E-state index is 0.119. The molecule has 6 rings (SSSR count). The second kappa shape index (κ2) is 11.9. The van der Waals surface area contributed by atoms with Crippen LogP contribution in [0.5, 0.6) is 0 Å². The zero-order valence-corrected chi connectivity index (χ0v) is 23.7.